The summed E-state index contributed by atoms with van der Waals surface area (Å²) < 4.78 is 0. The van der Waals surface area contributed by atoms with Crippen molar-refractivity contribution in [1.82, 2.24) is 14.9 Å². The van der Waals surface area contributed by atoms with E-state index in [0.29, 0.717) is 11.5 Å². The highest BCUT2D eigenvalue weighted by molar-refractivity contribution is 7.80. The average Bonchev–Trinajstić information content (AvgIpc) is 2.61. The number of likely N-dealkylation sites (N-methyl/N-ethyl adjacent to an activating group) is 1. The lowest BCUT2D eigenvalue weighted by Gasteiger charge is -2.14. The maximum atomic E-state index is 11.7. The summed E-state index contributed by atoms with van der Waals surface area (Å²) in [6.45, 7) is 0.735. The Hall–Kier alpha value is -1.76. The maximum absolute atomic E-state index is 11.7. The van der Waals surface area contributed by atoms with Crippen molar-refractivity contribution >= 4 is 28.9 Å². The number of carbonyl (C=O) groups is 1. The standard InChI is InChI=1S/C10H13N5OS/c1-15-5-2-6(10(15)16)14-9-7(8(11)17)12-3-4-13-9/h3-4,6H,2,5H2,1H3,(H2,11,17)(H,13,14). The van der Waals surface area contributed by atoms with E-state index in [1.54, 1.807) is 11.9 Å². The van der Waals surface area contributed by atoms with Crippen LogP contribution in [0.5, 0.6) is 0 Å². The molecule has 1 aliphatic rings. The van der Waals surface area contributed by atoms with Crippen molar-refractivity contribution in [2.45, 2.75) is 12.5 Å². The first-order valence-electron chi connectivity index (χ1n) is 5.22. The third kappa shape index (κ3) is 2.33. The van der Waals surface area contributed by atoms with E-state index in [9.17, 15) is 4.79 Å². The SMILES string of the molecule is CN1CCC(Nc2nccnc2C(N)=S)C1=O. The van der Waals surface area contributed by atoms with Crippen LogP contribution in [-0.2, 0) is 4.79 Å². The van der Waals surface area contributed by atoms with Crippen molar-refractivity contribution in [2.75, 3.05) is 18.9 Å². The third-order valence-corrected chi connectivity index (χ3v) is 2.86. The Morgan fingerprint density at radius 2 is 2.29 bits per heavy atom. The number of aromatic nitrogens is 2. The van der Waals surface area contributed by atoms with Crippen LogP contribution in [0.2, 0.25) is 0 Å². The van der Waals surface area contributed by atoms with Crippen LogP contribution in [0.4, 0.5) is 5.82 Å². The van der Waals surface area contributed by atoms with E-state index in [-0.39, 0.29) is 16.9 Å². The van der Waals surface area contributed by atoms with E-state index >= 15 is 0 Å². The minimum absolute atomic E-state index is 0.0459. The fourth-order valence-electron chi connectivity index (χ4n) is 1.75. The summed E-state index contributed by atoms with van der Waals surface area (Å²) in [4.78, 5) is 21.7. The van der Waals surface area contributed by atoms with Gasteiger partial charge in [-0.25, -0.2) is 9.97 Å². The summed E-state index contributed by atoms with van der Waals surface area (Å²) in [5.41, 5.74) is 5.97. The topological polar surface area (TPSA) is 84.1 Å². The van der Waals surface area contributed by atoms with Crippen LogP contribution in [0.25, 0.3) is 0 Å². The van der Waals surface area contributed by atoms with Gasteiger partial charge in [-0.2, -0.15) is 0 Å². The average molecular weight is 251 g/mol. The van der Waals surface area contributed by atoms with Gasteiger partial charge < -0.3 is 16.0 Å². The fourth-order valence-corrected chi connectivity index (χ4v) is 1.89. The second kappa shape index (κ2) is 4.62. The van der Waals surface area contributed by atoms with E-state index in [0.717, 1.165) is 13.0 Å². The number of anilines is 1. The number of hydrogen-bond acceptors (Lipinski definition) is 5. The zero-order valence-corrected chi connectivity index (χ0v) is 10.2. The van der Waals surface area contributed by atoms with Crippen molar-refractivity contribution in [3.63, 3.8) is 0 Å². The summed E-state index contributed by atoms with van der Waals surface area (Å²) >= 11 is 4.88. The predicted octanol–water partition coefficient (Wildman–Crippen LogP) is -0.247. The predicted molar refractivity (Wildman–Crippen MR) is 67.6 cm³/mol. The van der Waals surface area contributed by atoms with E-state index in [1.807, 2.05) is 0 Å². The number of nitrogens with zero attached hydrogens (tertiary/aromatic N) is 3. The quantitative estimate of drug-likeness (QED) is 0.721. The van der Waals surface area contributed by atoms with Gasteiger partial charge in [0, 0.05) is 26.0 Å². The van der Waals surface area contributed by atoms with Gasteiger partial charge in [-0.3, -0.25) is 4.79 Å². The first-order valence-corrected chi connectivity index (χ1v) is 5.62. The third-order valence-electron chi connectivity index (χ3n) is 2.67. The highest BCUT2D eigenvalue weighted by Crippen LogP contribution is 2.16. The highest BCUT2D eigenvalue weighted by Gasteiger charge is 2.29. The minimum Gasteiger partial charge on any atom is -0.388 e. The van der Waals surface area contributed by atoms with Crippen LogP contribution < -0.4 is 11.1 Å². The van der Waals surface area contributed by atoms with Crippen molar-refractivity contribution in [3.8, 4) is 0 Å². The summed E-state index contributed by atoms with van der Waals surface area (Å²) in [7, 11) is 1.77. The monoisotopic (exact) mass is 251 g/mol. The molecule has 6 nitrogen and oxygen atoms in total. The number of amides is 1. The van der Waals surface area contributed by atoms with Crippen LogP contribution in [0, 0.1) is 0 Å². The van der Waals surface area contributed by atoms with Crippen LogP contribution in [0.1, 0.15) is 12.1 Å². The van der Waals surface area contributed by atoms with Gasteiger partial charge >= 0.3 is 0 Å². The van der Waals surface area contributed by atoms with E-state index in [2.05, 4.69) is 15.3 Å². The molecule has 1 atom stereocenters. The molecular formula is C10H13N5OS. The van der Waals surface area contributed by atoms with Crippen molar-refractivity contribution < 1.29 is 4.79 Å². The second-order valence-electron chi connectivity index (χ2n) is 3.86. The zero-order chi connectivity index (χ0) is 12.4. The van der Waals surface area contributed by atoms with Gasteiger partial charge in [-0.15, -0.1) is 0 Å². The molecule has 1 saturated heterocycles. The van der Waals surface area contributed by atoms with Gasteiger partial charge in [0.25, 0.3) is 0 Å². The zero-order valence-electron chi connectivity index (χ0n) is 9.38. The lowest BCUT2D eigenvalue weighted by atomic mass is 10.2. The van der Waals surface area contributed by atoms with Gasteiger partial charge in [0.2, 0.25) is 5.91 Å². The molecular weight excluding hydrogens is 238 g/mol. The van der Waals surface area contributed by atoms with Gasteiger partial charge in [0.15, 0.2) is 5.82 Å². The molecule has 0 aromatic carbocycles. The fraction of sp³-hybridized carbons (Fsp3) is 0.400. The Labute approximate surface area is 104 Å². The molecule has 0 spiro atoms. The van der Waals surface area contributed by atoms with Gasteiger partial charge in [-0.05, 0) is 6.42 Å². The first-order chi connectivity index (χ1) is 8.09. The second-order valence-corrected chi connectivity index (χ2v) is 4.30. The molecule has 1 amide bonds. The van der Waals surface area contributed by atoms with E-state index in [4.69, 9.17) is 18.0 Å². The van der Waals surface area contributed by atoms with Crippen molar-refractivity contribution in [1.29, 1.82) is 0 Å². The Kier molecular flexibility index (Phi) is 3.19. The van der Waals surface area contributed by atoms with Crippen LogP contribution >= 0.6 is 12.2 Å². The number of nitrogens with two attached hydrogens (primary N) is 1. The maximum Gasteiger partial charge on any atom is 0.244 e. The highest BCUT2D eigenvalue weighted by atomic mass is 32.1. The Morgan fingerprint density at radius 1 is 1.59 bits per heavy atom. The number of nitrogens with one attached hydrogen (secondary N) is 1. The van der Waals surface area contributed by atoms with E-state index < -0.39 is 0 Å². The lowest BCUT2D eigenvalue weighted by Crippen LogP contribution is -2.32. The van der Waals surface area contributed by atoms with Gasteiger partial charge in [0.1, 0.15) is 16.7 Å². The first kappa shape index (κ1) is 11.7. The van der Waals surface area contributed by atoms with Crippen molar-refractivity contribution in [3.05, 3.63) is 18.1 Å². The van der Waals surface area contributed by atoms with Gasteiger partial charge in [0.05, 0.1) is 0 Å². The molecule has 0 aliphatic carbocycles. The molecule has 0 saturated carbocycles. The molecule has 1 aliphatic heterocycles. The Morgan fingerprint density at radius 3 is 2.88 bits per heavy atom. The Bertz CT molecular complexity index is 464. The largest absolute Gasteiger partial charge is 0.388 e. The number of carbonyl (C=O) groups excluding carboxylic acids is 1. The Balaban J connectivity index is 2.19. The van der Waals surface area contributed by atoms with Gasteiger partial charge in [-0.1, -0.05) is 12.2 Å². The molecule has 0 bridgehead atoms. The minimum atomic E-state index is -0.273. The number of rotatable bonds is 3. The normalized spacial score (nSPS) is 19.5. The molecule has 17 heavy (non-hydrogen) atoms. The van der Waals surface area contributed by atoms with Crippen LogP contribution in [-0.4, -0.2) is 45.4 Å². The summed E-state index contributed by atoms with van der Waals surface area (Å²) in [6.07, 6.45) is 3.79. The summed E-state index contributed by atoms with van der Waals surface area (Å²) in [6, 6.07) is -0.273. The molecule has 1 aromatic rings. The van der Waals surface area contributed by atoms with Crippen LogP contribution in [0.15, 0.2) is 12.4 Å². The molecule has 1 fully saturated rings. The smallest absolute Gasteiger partial charge is 0.244 e. The summed E-state index contributed by atoms with van der Waals surface area (Å²) in [5.74, 6) is 0.512. The molecule has 1 unspecified atom stereocenters. The number of hydrogen-bond donors (Lipinski definition) is 2. The summed E-state index contributed by atoms with van der Waals surface area (Å²) in [5, 5.41) is 3.04. The molecule has 2 rings (SSSR count). The van der Waals surface area contributed by atoms with Crippen LogP contribution in [0.3, 0.4) is 0 Å². The molecule has 2 heterocycles. The molecule has 3 N–H and O–H groups in total. The number of likely N-dealkylation sites (tertiary alicyclic amines) is 1. The molecule has 90 valence electrons. The van der Waals surface area contributed by atoms with Crippen molar-refractivity contribution in [2.24, 2.45) is 5.73 Å². The molecule has 0 radical (unpaired) electrons. The lowest BCUT2D eigenvalue weighted by molar-refractivity contribution is -0.127. The molecule has 1 aromatic heterocycles. The molecule has 7 heteroatoms. The van der Waals surface area contributed by atoms with E-state index in [1.165, 1.54) is 12.4 Å². The number of thiocarbonyl (C=S) groups is 1.